The predicted octanol–water partition coefficient (Wildman–Crippen LogP) is 0.873. The van der Waals surface area contributed by atoms with Crippen LogP contribution in [0.5, 0.6) is 0 Å². The second kappa shape index (κ2) is 3.62. The van der Waals surface area contributed by atoms with E-state index in [-0.39, 0.29) is 0 Å². The molecule has 0 saturated heterocycles. The third-order valence-electron chi connectivity index (χ3n) is 1.69. The summed E-state index contributed by atoms with van der Waals surface area (Å²) >= 11 is 0. The molecule has 0 aliphatic carbocycles. The standard InChI is InChI=1S/C6H6F5N3O2S/c1-14-4(17(2,15)16)12-3(13-14)5(7,8)6(9,10)11/h1-2H3. The SMILES string of the molecule is Cn1nc(C(F)(F)C(F)(F)F)nc1S(C)(=O)=O. The molecule has 0 atom stereocenters. The Bertz CT molecular complexity index is 532. The minimum atomic E-state index is -5.89. The van der Waals surface area contributed by atoms with Gasteiger partial charge in [-0.1, -0.05) is 0 Å². The number of rotatable bonds is 2. The third kappa shape index (κ3) is 2.37. The zero-order chi connectivity index (χ0) is 13.6. The lowest BCUT2D eigenvalue weighted by atomic mass is 10.3. The van der Waals surface area contributed by atoms with E-state index in [4.69, 9.17) is 0 Å². The monoisotopic (exact) mass is 279 g/mol. The highest BCUT2D eigenvalue weighted by molar-refractivity contribution is 7.90. The lowest BCUT2D eigenvalue weighted by Gasteiger charge is -2.15. The van der Waals surface area contributed by atoms with Crippen LogP contribution in [0.2, 0.25) is 0 Å². The van der Waals surface area contributed by atoms with Crippen molar-refractivity contribution >= 4 is 9.84 Å². The summed E-state index contributed by atoms with van der Waals surface area (Å²) < 4.78 is 83.8. The smallest absolute Gasteiger partial charge is 0.239 e. The molecular weight excluding hydrogens is 273 g/mol. The summed E-state index contributed by atoms with van der Waals surface area (Å²) in [5.41, 5.74) is 0. The molecule has 0 aliphatic heterocycles. The minimum Gasteiger partial charge on any atom is -0.239 e. The predicted molar refractivity (Wildman–Crippen MR) is 44.1 cm³/mol. The molecule has 0 amide bonds. The molecule has 1 aromatic heterocycles. The van der Waals surface area contributed by atoms with Crippen molar-refractivity contribution in [1.82, 2.24) is 14.8 Å². The molecule has 0 fully saturated rings. The lowest BCUT2D eigenvalue weighted by Crippen LogP contribution is -2.35. The molecule has 11 heteroatoms. The van der Waals surface area contributed by atoms with Crippen molar-refractivity contribution in [2.75, 3.05) is 6.26 Å². The Labute approximate surface area is 92.2 Å². The van der Waals surface area contributed by atoms with Crippen LogP contribution >= 0.6 is 0 Å². The molecule has 1 aromatic rings. The van der Waals surface area contributed by atoms with Crippen LogP contribution in [-0.4, -0.2) is 35.6 Å². The van der Waals surface area contributed by atoms with Crippen molar-refractivity contribution < 1.29 is 30.4 Å². The Morgan fingerprint density at radius 3 is 1.94 bits per heavy atom. The molecule has 1 heterocycles. The van der Waals surface area contributed by atoms with Gasteiger partial charge < -0.3 is 0 Å². The van der Waals surface area contributed by atoms with Gasteiger partial charge >= 0.3 is 12.1 Å². The fourth-order valence-corrected chi connectivity index (χ4v) is 1.73. The minimum absolute atomic E-state index is 0.352. The van der Waals surface area contributed by atoms with E-state index in [1.54, 1.807) is 0 Å². The van der Waals surface area contributed by atoms with Crippen molar-refractivity contribution in [3.8, 4) is 0 Å². The highest BCUT2D eigenvalue weighted by Crippen LogP contribution is 2.42. The van der Waals surface area contributed by atoms with Crippen molar-refractivity contribution in [2.24, 2.45) is 7.05 Å². The Morgan fingerprint density at radius 2 is 1.65 bits per heavy atom. The van der Waals surface area contributed by atoms with Crippen LogP contribution in [0.1, 0.15) is 5.82 Å². The maximum absolute atomic E-state index is 12.8. The molecule has 0 aliphatic rings. The zero-order valence-corrected chi connectivity index (χ0v) is 9.27. The summed E-state index contributed by atoms with van der Waals surface area (Å²) in [5, 5.41) is 1.81. The average Bonchev–Trinajstić information content (AvgIpc) is 2.44. The summed E-state index contributed by atoms with van der Waals surface area (Å²) in [4.78, 5) is 2.71. The first-order chi connectivity index (χ1) is 7.37. The number of sulfone groups is 1. The van der Waals surface area contributed by atoms with Gasteiger partial charge in [-0.05, 0) is 0 Å². The van der Waals surface area contributed by atoms with Crippen molar-refractivity contribution in [3.05, 3.63) is 5.82 Å². The summed E-state index contributed by atoms with van der Waals surface area (Å²) in [6.45, 7) is 0. The second-order valence-corrected chi connectivity index (χ2v) is 5.10. The lowest BCUT2D eigenvalue weighted by molar-refractivity contribution is -0.292. The van der Waals surface area contributed by atoms with Gasteiger partial charge in [-0.3, -0.25) is 0 Å². The van der Waals surface area contributed by atoms with Gasteiger partial charge in [0.15, 0.2) is 0 Å². The van der Waals surface area contributed by atoms with Crippen molar-refractivity contribution in [3.63, 3.8) is 0 Å². The summed E-state index contributed by atoms with van der Waals surface area (Å²) in [6.07, 6.45) is -5.27. The molecule has 17 heavy (non-hydrogen) atoms. The van der Waals surface area contributed by atoms with Gasteiger partial charge in [0.25, 0.3) is 0 Å². The van der Waals surface area contributed by atoms with E-state index in [1.165, 1.54) is 0 Å². The Hall–Kier alpha value is -1.26. The first kappa shape index (κ1) is 13.8. The molecule has 0 unspecified atom stereocenters. The molecule has 0 saturated carbocycles. The van der Waals surface area contributed by atoms with Crippen molar-refractivity contribution in [1.29, 1.82) is 0 Å². The number of halogens is 5. The van der Waals surface area contributed by atoms with Gasteiger partial charge in [-0.2, -0.15) is 26.9 Å². The summed E-state index contributed by atoms with van der Waals surface area (Å²) in [6, 6.07) is 0. The average molecular weight is 279 g/mol. The number of nitrogens with zero attached hydrogens (tertiary/aromatic N) is 3. The largest absolute Gasteiger partial charge is 0.461 e. The van der Waals surface area contributed by atoms with Gasteiger partial charge in [-0.25, -0.2) is 13.1 Å². The number of alkyl halides is 5. The molecule has 1 rings (SSSR count). The first-order valence-electron chi connectivity index (χ1n) is 3.93. The fourth-order valence-electron chi connectivity index (χ4n) is 0.953. The van der Waals surface area contributed by atoms with E-state index >= 15 is 0 Å². The van der Waals surface area contributed by atoms with Gasteiger partial charge in [0.2, 0.25) is 20.8 Å². The molecule has 98 valence electrons. The van der Waals surface area contributed by atoms with Crippen molar-refractivity contribution in [2.45, 2.75) is 17.3 Å². The van der Waals surface area contributed by atoms with Crippen LogP contribution in [-0.2, 0) is 22.8 Å². The summed E-state index contributed by atoms with van der Waals surface area (Å²) in [5.74, 6) is -7.19. The van der Waals surface area contributed by atoms with E-state index in [2.05, 4.69) is 10.1 Å². The highest BCUT2D eigenvalue weighted by Gasteiger charge is 2.62. The molecule has 0 spiro atoms. The molecular formula is C6H6F5N3O2S. The fraction of sp³-hybridized carbons (Fsp3) is 0.667. The number of hydrogen-bond acceptors (Lipinski definition) is 4. The van der Waals surface area contributed by atoms with E-state index < -0.39 is 32.9 Å². The third-order valence-corrected chi connectivity index (χ3v) is 2.71. The Kier molecular flexibility index (Phi) is 2.94. The maximum atomic E-state index is 12.8. The molecule has 0 radical (unpaired) electrons. The van der Waals surface area contributed by atoms with Gasteiger partial charge in [-0.15, -0.1) is 5.10 Å². The van der Waals surface area contributed by atoms with E-state index in [0.29, 0.717) is 10.9 Å². The van der Waals surface area contributed by atoms with Gasteiger partial charge in [0.1, 0.15) is 0 Å². The van der Waals surface area contributed by atoms with E-state index in [0.717, 1.165) is 7.05 Å². The number of aromatic nitrogens is 3. The first-order valence-corrected chi connectivity index (χ1v) is 5.82. The van der Waals surface area contributed by atoms with E-state index in [9.17, 15) is 30.4 Å². The second-order valence-electron chi connectivity index (χ2n) is 3.19. The highest BCUT2D eigenvalue weighted by atomic mass is 32.2. The number of aryl methyl sites for hydroxylation is 1. The van der Waals surface area contributed by atoms with Gasteiger partial charge in [0, 0.05) is 13.3 Å². The van der Waals surface area contributed by atoms with E-state index in [1.807, 2.05) is 0 Å². The molecule has 5 nitrogen and oxygen atoms in total. The van der Waals surface area contributed by atoms with Crippen LogP contribution in [0.15, 0.2) is 5.16 Å². The van der Waals surface area contributed by atoms with Crippen LogP contribution in [0, 0.1) is 0 Å². The Balaban J connectivity index is 3.38. The van der Waals surface area contributed by atoms with Crippen LogP contribution < -0.4 is 0 Å². The number of hydrogen-bond donors (Lipinski definition) is 0. The zero-order valence-electron chi connectivity index (χ0n) is 8.46. The van der Waals surface area contributed by atoms with Crippen LogP contribution in [0.3, 0.4) is 0 Å². The molecule has 0 bridgehead atoms. The molecule has 0 N–H and O–H groups in total. The Morgan fingerprint density at radius 1 is 1.18 bits per heavy atom. The van der Waals surface area contributed by atoms with Crippen LogP contribution in [0.25, 0.3) is 0 Å². The normalized spacial score (nSPS) is 14.1. The quantitative estimate of drug-likeness (QED) is 0.754. The molecule has 0 aromatic carbocycles. The van der Waals surface area contributed by atoms with Crippen LogP contribution in [0.4, 0.5) is 22.0 Å². The van der Waals surface area contributed by atoms with Gasteiger partial charge in [0.05, 0.1) is 0 Å². The topological polar surface area (TPSA) is 64.8 Å². The maximum Gasteiger partial charge on any atom is 0.461 e. The summed E-state index contributed by atoms with van der Waals surface area (Å²) in [7, 11) is -3.13.